The molecule has 0 aromatic carbocycles. The molecule has 5 heteroatoms. The van der Waals surface area contributed by atoms with Crippen LogP contribution in [0.4, 0.5) is 0 Å². The van der Waals surface area contributed by atoms with E-state index in [1.54, 1.807) is 0 Å². The lowest BCUT2D eigenvalue weighted by atomic mass is 10.4. The van der Waals surface area contributed by atoms with Crippen molar-refractivity contribution in [2.24, 2.45) is 11.5 Å². The van der Waals surface area contributed by atoms with Gasteiger partial charge in [-0.3, -0.25) is 0 Å². The van der Waals surface area contributed by atoms with Gasteiger partial charge in [-0.2, -0.15) is 0 Å². The second-order valence-electron chi connectivity index (χ2n) is 1.79. The largest absolute Gasteiger partial charge is 0.467 e. The zero-order chi connectivity index (χ0) is 6.41. The van der Waals surface area contributed by atoms with E-state index in [2.05, 4.69) is 0 Å². The van der Waals surface area contributed by atoms with Gasteiger partial charge in [-0.25, -0.2) is 0 Å². The Balaban J connectivity index is 2.92. The Morgan fingerprint density at radius 2 is 2.38 bits per heavy atom. The number of nitrogens with two attached hydrogens (primary N) is 2. The van der Waals surface area contributed by atoms with Crippen LogP contribution in [0.1, 0.15) is 6.42 Å². The summed E-state index contributed by atoms with van der Waals surface area (Å²) in [5.41, 5.74) is 11.1. The van der Waals surface area contributed by atoms with Gasteiger partial charge in [0.05, 0.1) is 0 Å². The molecule has 0 aromatic heterocycles. The Morgan fingerprint density at radius 1 is 1.75 bits per heavy atom. The van der Waals surface area contributed by atoms with E-state index >= 15 is 0 Å². The fraction of sp³-hybridized carbons (Fsp3) is 1.00. The molecule has 50 valence electrons. The lowest BCUT2D eigenvalue weighted by Crippen LogP contribution is -2.31. The van der Waals surface area contributed by atoms with Crippen LogP contribution in [-0.4, -0.2) is 32.5 Å². The summed E-state index contributed by atoms with van der Waals surface area (Å²) in [6.45, 7) is 0.694. The highest BCUT2D eigenvalue weighted by atomic mass is 28.3. The minimum absolute atomic E-state index is 0.289. The van der Waals surface area contributed by atoms with Crippen LogP contribution in [0.5, 0.6) is 0 Å². The molecule has 0 aliphatic carbocycles. The van der Waals surface area contributed by atoms with Crippen molar-refractivity contribution < 1.29 is 4.12 Å². The SMILES string of the molecule is NCCC(N)[SiH2]O[SiH3]. The highest BCUT2D eigenvalue weighted by molar-refractivity contribution is 6.36. The average Bonchev–Trinajstić information content (AvgIpc) is 1.68. The van der Waals surface area contributed by atoms with Crippen LogP contribution >= 0.6 is 0 Å². The van der Waals surface area contributed by atoms with Crippen molar-refractivity contribution in [3.63, 3.8) is 0 Å². The van der Waals surface area contributed by atoms with Crippen LogP contribution in [0.2, 0.25) is 0 Å². The molecular weight excluding hydrogens is 136 g/mol. The first-order chi connectivity index (χ1) is 3.81. The van der Waals surface area contributed by atoms with Gasteiger partial charge in [0.25, 0.3) is 0 Å². The summed E-state index contributed by atoms with van der Waals surface area (Å²) in [6.07, 6.45) is 0.925. The fourth-order valence-corrected chi connectivity index (χ4v) is 2.63. The predicted molar refractivity (Wildman–Crippen MR) is 41.2 cm³/mol. The Hall–Kier alpha value is 0.314. The van der Waals surface area contributed by atoms with Crippen LogP contribution < -0.4 is 11.5 Å². The predicted octanol–water partition coefficient (Wildman–Crippen LogP) is -3.00. The molecule has 0 bridgehead atoms. The monoisotopic (exact) mass is 150 g/mol. The third kappa shape index (κ3) is 4.47. The van der Waals surface area contributed by atoms with Crippen molar-refractivity contribution in [2.45, 2.75) is 12.1 Å². The van der Waals surface area contributed by atoms with Crippen LogP contribution in [0.15, 0.2) is 0 Å². The molecule has 3 nitrogen and oxygen atoms in total. The zero-order valence-electron chi connectivity index (χ0n) is 5.26. The van der Waals surface area contributed by atoms with E-state index in [0.29, 0.717) is 6.54 Å². The summed E-state index contributed by atoms with van der Waals surface area (Å²) in [5, 5.41) is 0. The molecule has 0 amide bonds. The maximum Gasteiger partial charge on any atom is 0.162 e. The van der Waals surface area contributed by atoms with Gasteiger partial charge in [0.1, 0.15) is 10.5 Å². The molecule has 0 aliphatic rings. The van der Waals surface area contributed by atoms with Crippen molar-refractivity contribution in [3.8, 4) is 0 Å². The van der Waals surface area contributed by atoms with Gasteiger partial charge < -0.3 is 15.6 Å². The van der Waals surface area contributed by atoms with Crippen LogP contribution in [0.25, 0.3) is 0 Å². The summed E-state index contributed by atoms with van der Waals surface area (Å²) < 4.78 is 5.05. The van der Waals surface area contributed by atoms with Crippen molar-refractivity contribution in [1.82, 2.24) is 0 Å². The Morgan fingerprint density at radius 3 is 2.75 bits per heavy atom. The number of rotatable bonds is 4. The first kappa shape index (κ1) is 8.31. The van der Waals surface area contributed by atoms with E-state index in [0.717, 1.165) is 16.9 Å². The molecule has 4 N–H and O–H groups in total. The Bertz CT molecular complexity index is 48.5. The van der Waals surface area contributed by atoms with Gasteiger partial charge in [-0.05, 0) is 13.0 Å². The van der Waals surface area contributed by atoms with Crippen molar-refractivity contribution in [1.29, 1.82) is 0 Å². The maximum atomic E-state index is 5.57. The minimum Gasteiger partial charge on any atom is -0.467 e. The van der Waals surface area contributed by atoms with Crippen molar-refractivity contribution in [2.75, 3.05) is 6.54 Å². The molecule has 0 spiro atoms. The lowest BCUT2D eigenvalue weighted by Gasteiger charge is -2.05. The standard InChI is InChI=1S/C3H14N2OSi2/c4-2-1-3(5)8-6-7/h3H,1-2,4-5,8H2,7H3. The maximum absolute atomic E-state index is 5.57. The fourth-order valence-electron chi connectivity index (χ4n) is 0.511. The quantitative estimate of drug-likeness (QED) is 0.420. The Labute approximate surface area is 55.3 Å². The Kier molecular flexibility index (Phi) is 5.66. The summed E-state index contributed by atoms with van der Waals surface area (Å²) >= 11 is 0. The summed E-state index contributed by atoms with van der Waals surface area (Å²) in [4.78, 5) is 0. The van der Waals surface area contributed by atoms with Crippen molar-refractivity contribution in [3.05, 3.63) is 0 Å². The van der Waals surface area contributed by atoms with Crippen LogP contribution in [-0.2, 0) is 4.12 Å². The van der Waals surface area contributed by atoms with E-state index in [9.17, 15) is 0 Å². The van der Waals surface area contributed by atoms with E-state index in [4.69, 9.17) is 15.6 Å². The molecule has 0 rings (SSSR count). The van der Waals surface area contributed by atoms with Gasteiger partial charge in [0, 0.05) is 5.67 Å². The zero-order valence-corrected chi connectivity index (χ0v) is 8.68. The van der Waals surface area contributed by atoms with E-state index in [1.165, 1.54) is 0 Å². The van der Waals surface area contributed by atoms with Crippen LogP contribution in [0.3, 0.4) is 0 Å². The third-order valence-electron chi connectivity index (χ3n) is 0.918. The smallest absolute Gasteiger partial charge is 0.162 e. The number of hydrogen-bond donors (Lipinski definition) is 2. The topological polar surface area (TPSA) is 61.3 Å². The molecule has 0 aliphatic heterocycles. The third-order valence-corrected chi connectivity index (χ3v) is 3.09. The van der Waals surface area contributed by atoms with E-state index in [-0.39, 0.29) is 5.67 Å². The van der Waals surface area contributed by atoms with Gasteiger partial charge in [-0.1, -0.05) is 0 Å². The van der Waals surface area contributed by atoms with Gasteiger partial charge in [0.15, 0.2) is 9.76 Å². The molecule has 8 heavy (non-hydrogen) atoms. The molecule has 0 fully saturated rings. The highest BCUT2D eigenvalue weighted by Crippen LogP contribution is 1.80. The first-order valence-electron chi connectivity index (χ1n) is 2.76. The lowest BCUT2D eigenvalue weighted by molar-refractivity contribution is 0.619. The first-order valence-corrected chi connectivity index (χ1v) is 4.97. The van der Waals surface area contributed by atoms with Gasteiger partial charge >= 0.3 is 0 Å². The molecule has 0 saturated carbocycles. The summed E-state index contributed by atoms with van der Waals surface area (Å²) in [5.74, 6) is 0. The minimum atomic E-state index is -0.405. The molecule has 0 saturated heterocycles. The van der Waals surface area contributed by atoms with Crippen LogP contribution in [0, 0.1) is 0 Å². The van der Waals surface area contributed by atoms with Crippen molar-refractivity contribution >= 4 is 20.2 Å². The second kappa shape index (κ2) is 5.45. The molecule has 0 heterocycles. The average molecular weight is 150 g/mol. The molecule has 1 unspecified atom stereocenters. The summed E-state index contributed by atoms with van der Waals surface area (Å²) in [7, 11) is 0.430. The summed E-state index contributed by atoms with van der Waals surface area (Å²) in [6, 6.07) is 0. The second-order valence-corrected chi connectivity index (χ2v) is 5.48. The normalized spacial score (nSPS) is 15.8. The molecule has 0 aromatic rings. The molecular formula is C3H14N2OSi2. The molecule has 0 radical (unpaired) electrons. The van der Waals surface area contributed by atoms with E-state index in [1.807, 2.05) is 0 Å². The van der Waals surface area contributed by atoms with Gasteiger partial charge in [0.2, 0.25) is 0 Å². The molecule has 1 atom stereocenters. The van der Waals surface area contributed by atoms with E-state index < -0.39 is 9.76 Å². The van der Waals surface area contributed by atoms with Gasteiger partial charge in [-0.15, -0.1) is 0 Å². The number of hydrogen-bond acceptors (Lipinski definition) is 3. The highest BCUT2D eigenvalue weighted by Gasteiger charge is 1.98.